The van der Waals surface area contributed by atoms with Crippen LogP contribution in [0.2, 0.25) is 5.02 Å². The number of hydrogen-bond acceptors (Lipinski definition) is 4. The third-order valence-electron chi connectivity index (χ3n) is 6.62. The number of benzene rings is 1. The molecule has 154 valence electrons. The van der Waals surface area contributed by atoms with Crippen molar-refractivity contribution in [3.63, 3.8) is 0 Å². The monoisotopic (exact) mass is 406 g/mol. The molecule has 2 atom stereocenters. The number of amides is 1. The Hall–Kier alpha value is -1.30. The number of carbonyl (C=O) groups excluding carboxylic acids is 1. The van der Waals surface area contributed by atoms with Gasteiger partial charge in [-0.2, -0.15) is 0 Å². The molecule has 0 spiro atoms. The van der Waals surface area contributed by atoms with Gasteiger partial charge in [0.2, 0.25) is 5.91 Å². The summed E-state index contributed by atoms with van der Waals surface area (Å²) in [6.07, 6.45) is 5.67. The Morgan fingerprint density at radius 2 is 2.07 bits per heavy atom. The number of halogens is 1. The molecule has 1 aromatic carbocycles. The van der Waals surface area contributed by atoms with Crippen molar-refractivity contribution in [3.8, 4) is 5.75 Å². The van der Waals surface area contributed by atoms with Gasteiger partial charge in [-0.1, -0.05) is 17.7 Å². The third kappa shape index (κ3) is 4.81. The second-order valence-corrected chi connectivity index (χ2v) is 8.88. The van der Waals surface area contributed by atoms with Crippen molar-refractivity contribution in [1.29, 1.82) is 0 Å². The van der Waals surface area contributed by atoms with Crippen molar-refractivity contribution in [2.45, 2.75) is 38.2 Å². The molecular formula is C22H31ClN2O3. The van der Waals surface area contributed by atoms with E-state index in [1.54, 1.807) is 7.11 Å². The van der Waals surface area contributed by atoms with Crippen molar-refractivity contribution in [3.05, 3.63) is 28.8 Å². The lowest BCUT2D eigenvalue weighted by Crippen LogP contribution is -2.54. The largest absolute Gasteiger partial charge is 0.494 e. The van der Waals surface area contributed by atoms with E-state index in [0.717, 1.165) is 42.1 Å². The maximum Gasteiger partial charge on any atom is 0.227 e. The Morgan fingerprint density at radius 1 is 1.29 bits per heavy atom. The molecule has 5 nitrogen and oxygen atoms in total. The molecule has 0 radical (unpaired) electrons. The van der Waals surface area contributed by atoms with Crippen LogP contribution >= 0.6 is 11.6 Å². The summed E-state index contributed by atoms with van der Waals surface area (Å²) in [6, 6.07) is 5.69. The SMILES string of the molecule is COC1CN(C(=O)Cc2ccc(OCC[C@@H]3C[C@@H]3C3CCNCC3)cc2Cl)C1. The van der Waals surface area contributed by atoms with Crippen LogP contribution in [0, 0.1) is 17.8 Å². The average Bonchev–Trinajstić information content (AvgIpc) is 3.43. The predicted molar refractivity (Wildman–Crippen MR) is 110 cm³/mol. The number of rotatable bonds is 8. The van der Waals surface area contributed by atoms with Crippen LogP contribution in [0.3, 0.4) is 0 Å². The molecule has 2 aliphatic heterocycles. The van der Waals surface area contributed by atoms with Gasteiger partial charge in [0, 0.05) is 25.2 Å². The molecule has 1 aliphatic carbocycles. The van der Waals surface area contributed by atoms with Crippen molar-refractivity contribution in [1.82, 2.24) is 10.2 Å². The molecule has 1 aromatic rings. The van der Waals surface area contributed by atoms with Gasteiger partial charge >= 0.3 is 0 Å². The molecule has 1 saturated carbocycles. The first-order valence-electron chi connectivity index (χ1n) is 10.6. The fourth-order valence-electron chi connectivity index (χ4n) is 4.61. The van der Waals surface area contributed by atoms with Crippen LogP contribution in [0.15, 0.2) is 18.2 Å². The summed E-state index contributed by atoms with van der Waals surface area (Å²) < 4.78 is 11.1. The first-order valence-corrected chi connectivity index (χ1v) is 10.9. The number of nitrogens with one attached hydrogen (secondary N) is 1. The number of carbonyl (C=O) groups is 1. The number of likely N-dealkylation sites (tertiary alicyclic amines) is 1. The Kier molecular flexibility index (Phi) is 6.44. The van der Waals surface area contributed by atoms with Crippen LogP contribution in [0.25, 0.3) is 0 Å². The van der Waals surface area contributed by atoms with E-state index in [2.05, 4.69) is 5.32 Å². The number of ether oxygens (including phenoxy) is 2. The van der Waals surface area contributed by atoms with Crippen LogP contribution in [0.5, 0.6) is 5.75 Å². The zero-order valence-electron chi connectivity index (χ0n) is 16.7. The molecule has 2 heterocycles. The molecule has 0 aromatic heterocycles. The summed E-state index contributed by atoms with van der Waals surface area (Å²) in [5, 5.41) is 4.05. The lowest BCUT2D eigenvalue weighted by molar-refractivity contribution is -0.142. The average molecular weight is 407 g/mol. The lowest BCUT2D eigenvalue weighted by Gasteiger charge is -2.38. The van der Waals surface area contributed by atoms with E-state index in [1.807, 2.05) is 23.1 Å². The number of nitrogens with zero attached hydrogens (tertiary/aromatic N) is 1. The number of methoxy groups -OCH3 is 1. The highest BCUT2D eigenvalue weighted by atomic mass is 35.5. The van der Waals surface area contributed by atoms with E-state index >= 15 is 0 Å². The summed E-state index contributed by atoms with van der Waals surface area (Å²) in [7, 11) is 1.68. The highest BCUT2D eigenvalue weighted by molar-refractivity contribution is 6.31. The van der Waals surface area contributed by atoms with Crippen molar-refractivity contribution < 1.29 is 14.3 Å². The van der Waals surface area contributed by atoms with Crippen LogP contribution in [-0.2, 0) is 16.0 Å². The molecule has 3 aliphatic rings. The zero-order chi connectivity index (χ0) is 19.5. The van der Waals surface area contributed by atoms with Gasteiger partial charge in [-0.25, -0.2) is 0 Å². The summed E-state index contributed by atoms with van der Waals surface area (Å²) in [5.41, 5.74) is 0.855. The summed E-state index contributed by atoms with van der Waals surface area (Å²) in [6.45, 7) is 4.46. The van der Waals surface area contributed by atoms with Gasteiger partial charge in [0.25, 0.3) is 0 Å². The standard InChI is InChI=1S/C22H31ClN2O3/c1-27-19-13-25(14-19)22(26)11-17-2-3-18(12-21(17)23)28-9-6-16-10-20(16)15-4-7-24-8-5-15/h2-3,12,15-16,19-20,24H,4-11,13-14H2,1H3/t16-,20-/m1/s1. The summed E-state index contributed by atoms with van der Waals surface area (Å²) in [4.78, 5) is 14.1. The molecule has 4 rings (SSSR count). The van der Waals surface area contributed by atoms with Crippen LogP contribution in [0.4, 0.5) is 0 Å². The Labute approximate surface area is 172 Å². The highest BCUT2D eigenvalue weighted by Gasteiger charge is 2.42. The summed E-state index contributed by atoms with van der Waals surface area (Å²) in [5.74, 6) is 3.57. The van der Waals surface area contributed by atoms with Crippen LogP contribution in [-0.4, -0.2) is 56.8 Å². The normalized spacial score (nSPS) is 25.4. The zero-order valence-corrected chi connectivity index (χ0v) is 17.4. The molecule has 0 unspecified atom stereocenters. The number of hydrogen-bond donors (Lipinski definition) is 1. The third-order valence-corrected chi connectivity index (χ3v) is 6.98. The van der Waals surface area contributed by atoms with E-state index in [-0.39, 0.29) is 12.0 Å². The molecule has 28 heavy (non-hydrogen) atoms. The topological polar surface area (TPSA) is 50.8 Å². The van der Waals surface area contributed by atoms with Gasteiger partial charge in [-0.15, -0.1) is 0 Å². The maximum absolute atomic E-state index is 12.3. The fraction of sp³-hybridized carbons (Fsp3) is 0.682. The van der Waals surface area contributed by atoms with Gasteiger partial charge in [-0.3, -0.25) is 4.79 Å². The predicted octanol–water partition coefficient (Wildman–Crippen LogP) is 3.14. The maximum atomic E-state index is 12.3. The number of piperidine rings is 1. The van der Waals surface area contributed by atoms with Crippen molar-refractivity contribution in [2.75, 3.05) is 39.9 Å². The quantitative estimate of drug-likeness (QED) is 0.720. The molecule has 1 N–H and O–H groups in total. The molecule has 6 heteroatoms. The van der Waals surface area contributed by atoms with Crippen molar-refractivity contribution in [2.24, 2.45) is 17.8 Å². The van der Waals surface area contributed by atoms with E-state index < -0.39 is 0 Å². The minimum atomic E-state index is 0.0987. The van der Waals surface area contributed by atoms with E-state index in [1.165, 1.54) is 32.4 Å². The molecule has 2 saturated heterocycles. The van der Waals surface area contributed by atoms with Gasteiger partial charge in [0.05, 0.1) is 19.1 Å². The molecule has 0 bridgehead atoms. The Morgan fingerprint density at radius 3 is 2.79 bits per heavy atom. The second kappa shape index (κ2) is 9.02. The molecule has 3 fully saturated rings. The van der Waals surface area contributed by atoms with E-state index in [4.69, 9.17) is 21.1 Å². The van der Waals surface area contributed by atoms with E-state index in [9.17, 15) is 4.79 Å². The van der Waals surface area contributed by atoms with Crippen LogP contribution < -0.4 is 10.1 Å². The van der Waals surface area contributed by atoms with Crippen LogP contribution in [0.1, 0.15) is 31.2 Å². The second-order valence-electron chi connectivity index (χ2n) is 8.47. The Bertz CT molecular complexity index is 686. The van der Waals surface area contributed by atoms with Crippen molar-refractivity contribution >= 4 is 17.5 Å². The van der Waals surface area contributed by atoms with E-state index in [0.29, 0.717) is 24.5 Å². The first kappa shape index (κ1) is 20.0. The lowest BCUT2D eigenvalue weighted by atomic mass is 9.91. The first-order chi connectivity index (χ1) is 13.6. The smallest absolute Gasteiger partial charge is 0.227 e. The van der Waals surface area contributed by atoms with Gasteiger partial charge < -0.3 is 19.7 Å². The molecule has 1 amide bonds. The van der Waals surface area contributed by atoms with Gasteiger partial charge in [0.1, 0.15) is 5.75 Å². The summed E-state index contributed by atoms with van der Waals surface area (Å²) >= 11 is 6.39. The molecular weight excluding hydrogens is 376 g/mol. The van der Waals surface area contributed by atoms with Gasteiger partial charge in [-0.05, 0) is 74.2 Å². The highest BCUT2D eigenvalue weighted by Crippen LogP contribution is 2.49. The Balaban J connectivity index is 1.19. The minimum Gasteiger partial charge on any atom is -0.494 e. The fourth-order valence-corrected chi connectivity index (χ4v) is 4.84. The van der Waals surface area contributed by atoms with Gasteiger partial charge in [0.15, 0.2) is 0 Å². The minimum absolute atomic E-state index is 0.0987.